The van der Waals surface area contributed by atoms with Crippen molar-refractivity contribution in [2.75, 3.05) is 7.05 Å². The van der Waals surface area contributed by atoms with Gasteiger partial charge in [-0.1, -0.05) is 0 Å². The summed E-state index contributed by atoms with van der Waals surface area (Å²) in [4.78, 5) is 0. The zero-order valence-corrected chi connectivity index (χ0v) is 6.61. The van der Waals surface area contributed by atoms with Crippen molar-refractivity contribution in [3.63, 3.8) is 0 Å². The summed E-state index contributed by atoms with van der Waals surface area (Å²) < 4.78 is 0. The summed E-state index contributed by atoms with van der Waals surface area (Å²) >= 11 is 0. The first-order valence-electron chi connectivity index (χ1n) is 2.77. The second-order valence-corrected chi connectivity index (χ2v) is 1.81. The van der Waals surface area contributed by atoms with Crippen LogP contribution in [0.4, 0.5) is 0 Å². The van der Waals surface area contributed by atoms with Gasteiger partial charge in [-0.05, 0) is 26.5 Å². The summed E-state index contributed by atoms with van der Waals surface area (Å²) in [7, 11) is 1.90. The van der Waals surface area contributed by atoms with Crippen molar-refractivity contribution in [2.45, 2.75) is 19.4 Å². The zero-order valence-electron chi connectivity index (χ0n) is 5.79. The highest BCUT2D eigenvalue weighted by Crippen LogP contribution is 1.88. The molecule has 0 aliphatic rings. The van der Waals surface area contributed by atoms with Crippen LogP contribution in [0.1, 0.15) is 13.3 Å². The number of hydrogen-bond acceptors (Lipinski definition) is 2. The van der Waals surface area contributed by atoms with Crippen LogP contribution in [0.5, 0.6) is 0 Å². The van der Waals surface area contributed by atoms with Crippen LogP contribution in [0.15, 0.2) is 12.3 Å². The Hall–Kier alpha value is -0.210. The molecule has 0 heterocycles. The molecular weight excluding hydrogens is 138 g/mol. The number of hydrogen-bond donors (Lipinski definition) is 2. The first kappa shape index (κ1) is 11.6. The first-order valence-corrected chi connectivity index (χ1v) is 2.77. The highest BCUT2D eigenvalue weighted by atomic mass is 35.5. The second kappa shape index (κ2) is 7.79. The van der Waals surface area contributed by atoms with Crippen molar-refractivity contribution in [1.82, 2.24) is 5.32 Å². The Morgan fingerprint density at radius 3 is 2.56 bits per heavy atom. The SMILES string of the molecule is CNC(C)CC=CO.Cl. The van der Waals surface area contributed by atoms with E-state index in [1.165, 1.54) is 0 Å². The van der Waals surface area contributed by atoms with E-state index < -0.39 is 0 Å². The predicted octanol–water partition coefficient (Wildman–Crippen LogP) is 1.48. The Bertz CT molecular complexity index is 75.5. The van der Waals surface area contributed by atoms with Gasteiger partial charge in [-0.3, -0.25) is 0 Å². The average Bonchev–Trinajstić information content (AvgIpc) is 1.83. The molecule has 3 heteroatoms. The van der Waals surface area contributed by atoms with Gasteiger partial charge in [0, 0.05) is 6.04 Å². The van der Waals surface area contributed by atoms with Crippen LogP contribution >= 0.6 is 12.4 Å². The third-order valence-electron chi connectivity index (χ3n) is 1.09. The maximum absolute atomic E-state index is 8.20. The molecule has 2 nitrogen and oxygen atoms in total. The topological polar surface area (TPSA) is 32.3 Å². The van der Waals surface area contributed by atoms with Crippen molar-refractivity contribution in [1.29, 1.82) is 0 Å². The maximum atomic E-state index is 8.20. The van der Waals surface area contributed by atoms with E-state index in [1.807, 2.05) is 7.05 Å². The Morgan fingerprint density at radius 1 is 1.67 bits per heavy atom. The average molecular weight is 152 g/mol. The molecule has 1 unspecified atom stereocenters. The van der Waals surface area contributed by atoms with E-state index in [2.05, 4.69) is 12.2 Å². The standard InChI is InChI=1S/C6H13NO.ClH/c1-6(7-2)4-3-5-8;/h3,5-8H,4H2,1-2H3;1H. The fraction of sp³-hybridized carbons (Fsp3) is 0.667. The fourth-order valence-electron chi connectivity index (χ4n) is 0.383. The van der Waals surface area contributed by atoms with Crippen molar-refractivity contribution < 1.29 is 5.11 Å². The molecule has 0 saturated heterocycles. The van der Waals surface area contributed by atoms with E-state index in [-0.39, 0.29) is 12.4 Å². The molecule has 0 saturated carbocycles. The third kappa shape index (κ3) is 7.79. The maximum Gasteiger partial charge on any atom is 0.0752 e. The fourth-order valence-corrected chi connectivity index (χ4v) is 0.383. The molecule has 9 heavy (non-hydrogen) atoms. The summed E-state index contributed by atoms with van der Waals surface area (Å²) in [6.07, 6.45) is 3.68. The van der Waals surface area contributed by atoms with Crippen LogP contribution in [0.2, 0.25) is 0 Å². The second-order valence-electron chi connectivity index (χ2n) is 1.81. The molecule has 0 radical (unpaired) electrons. The number of aliphatic hydroxyl groups excluding tert-OH is 1. The smallest absolute Gasteiger partial charge is 0.0752 e. The van der Waals surface area contributed by atoms with E-state index in [4.69, 9.17) is 5.11 Å². The molecule has 0 aromatic carbocycles. The molecule has 0 aliphatic heterocycles. The van der Waals surface area contributed by atoms with Crippen molar-refractivity contribution >= 4 is 12.4 Å². The number of nitrogens with one attached hydrogen (secondary N) is 1. The molecule has 56 valence electrons. The van der Waals surface area contributed by atoms with Crippen LogP contribution in [0.25, 0.3) is 0 Å². The minimum absolute atomic E-state index is 0. The quantitative estimate of drug-likeness (QED) is 0.599. The van der Waals surface area contributed by atoms with E-state index in [0.717, 1.165) is 12.7 Å². The van der Waals surface area contributed by atoms with Gasteiger partial charge in [-0.15, -0.1) is 12.4 Å². The predicted molar refractivity (Wildman–Crippen MR) is 42.2 cm³/mol. The van der Waals surface area contributed by atoms with E-state index in [1.54, 1.807) is 6.08 Å². The first-order chi connectivity index (χ1) is 3.81. The Labute approximate surface area is 62.4 Å². The van der Waals surface area contributed by atoms with Gasteiger partial charge >= 0.3 is 0 Å². The normalized spacial score (nSPS) is 13.1. The van der Waals surface area contributed by atoms with Crippen LogP contribution in [-0.2, 0) is 0 Å². The molecule has 0 rings (SSSR count). The molecule has 0 amide bonds. The van der Waals surface area contributed by atoms with Crippen molar-refractivity contribution in [3.05, 3.63) is 12.3 Å². The lowest BCUT2D eigenvalue weighted by Gasteiger charge is -2.03. The highest BCUT2D eigenvalue weighted by Gasteiger charge is 1.90. The molecule has 0 aliphatic carbocycles. The van der Waals surface area contributed by atoms with Crippen LogP contribution in [-0.4, -0.2) is 18.2 Å². The lowest BCUT2D eigenvalue weighted by Crippen LogP contribution is -2.19. The monoisotopic (exact) mass is 151 g/mol. The van der Waals surface area contributed by atoms with Gasteiger partial charge in [-0.25, -0.2) is 0 Å². The number of aliphatic hydroxyl groups is 1. The van der Waals surface area contributed by atoms with Gasteiger partial charge in [-0.2, -0.15) is 0 Å². The number of rotatable bonds is 3. The van der Waals surface area contributed by atoms with Gasteiger partial charge in [0.25, 0.3) is 0 Å². The highest BCUT2D eigenvalue weighted by molar-refractivity contribution is 5.85. The lowest BCUT2D eigenvalue weighted by molar-refractivity contribution is 0.467. The molecule has 0 aromatic rings. The summed E-state index contributed by atoms with van der Waals surface area (Å²) in [5.74, 6) is 0. The van der Waals surface area contributed by atoms with E-state index in [0.29, 0.717) is 6.04 Å². The minimum atomic E-state index is 0. The summed E-state index contributed by atoms with van der Waals surface area (Å²) in [6.45, 7) is 2.06. The van der Waals surface area contributed by atoms with Gasteiger partial charge in [0.1, 0.15) is 0 Å². The minimum Gasteiger partial charge on any atom is -0.516 e. The van der Waals surface area contributed by atoms with Gasteiger partial charge < -0.3 is 10.4 Å². The zero-order chi connectivity index (χ0) is 6.41. The largest absolute Gasteiger partial charge is 0.516 e. The van der Waals surface area contributed by atoms with Crippen LogP contribution in [0.3, 0.4) is 0 Å². The Balaban J connectivity index is 0. The summed E-state index contributed by atoms with van der Waals surface area (Å²) in [6, 6.07) is 0.457. The van der Waals surface area contributed by atoms with Gasteiger partial charge in [0.05, 0.1) is 6.26 Å². The van der Waals surface area contributed by atoms with Crippen LogP contribution < -0.4 is 5.32 Å². The molecule has 2 N–H and O–H groups in total. The lowest BCUT2D eigenvalue weighted by atomic mass is 10.2. The van der Waals surface area contributed by atoms with Crippen molar-refractivity contribution in [2.24, 2.45) is 0 Å². The van der Waals surface area contributed by atoms with Crippen molar-refractivity contribution in [3.8, 4) is 0 Å². The van der Waals surface area contributed by atoms with Gasteiger partial charge in [0.2, 0.25) is 0 Å². The molecule has 0 spiro atoms. The summed E-state index contributed by atoms with van der Waals surface area (Å²) in [5.41, 5.74) is 0. The molecular formula is C6H14ClNO. The van der Waals surface area contributed by atoms with Crippen LogP contribution in [0, 0.1) is 0 Å². The summed E-state index contributed by atoms with van der Waals surface area (Å²) in [5, 5.41) is 11.2. The van der Waals surface area contributed by atoms with E-state index >= 15 is 0 Å². The third-order valence-corrected chi connectivity index (χ3v) is 1.09. The number of halogens is 1. The molecule has 0 fully saturated rings. The Morgan fingerprint density at radius 2 is 2.22 bits per heavy atom. The van der Waals surface area contributed by atoms with E-state index in [9.17, 15) is 0 Å². The van der Waals surface area contributed by atoms with Gasteiger partial charge in [0.15, 0.2) is 0 Å². The molecule has 0 aromatic heterocycles. The Kier molecular flexibility index (Phi) is 10.0. The molecule has 0 bridgehead atoms. The molecule has 1 atom stereocenters.